The first-order chi connectivity index (χ1) is 9.47. The van der Waals surface area contributed by atoms with Crippen LogP contribution in [0.2, 0.25) is 5.02 Å². The summed E-state index contributed by atoms with van der Waals surface area (Å²) in [7, 11) is 1.69. The van der Waals surface area contributed by atoms with Gasteiger partial charge >= 0.3 is 5.97 Å². The molecule has 1 aromatic heterocycles. The normalized spacial score (nSPS) is 12.0. The molecule has 1 N–H and O–H groups in total. The monoisotopic (exact) mass is 331 g/mol. The molecule has 1 unspecified atom stereocenters. The highest BCUT2D eigenvalue weighted by atomic mass is 35.5. The molecule has 0 aliphatic heterocycles. The number of benzene rings is 1. The second-order valence-electron chi connectivity index (χ2n) is 4.45. The predicted molar refractivity (Wildman–Crippen MR) is 80.6 cm³/mol. The molecule has 1 heterocycles. The molecule has 2 rings (SSSR count). The molecule has 0 aliphatic rings. The topological polar surface area (TPSA) is 79.5 Å². The van der Waals surface area contributed by atoms with Crippen molar-refractivity contribution in [3.63, 3.8) is 0 Å². The maximum Gasteiger partial charge on any atom is 0.320 e. The highest BCUT2D eigenvalue weighted by Crippen LogP contribution is 2.19. The molecule has 0 bridgehead atoms. The molecule has 114 valence electrons. The molecule has 6 nitrogen and oxygen atoms in total. The van der Waals surface area contributed by atoms with Crippen molar-refractivity contribution >= 4 is 30.0 Å². The molecule has 0 spiro atoms. The van der Waals surface area contributed by atoms with Gasteiger partial charge in [-0.2, -0.15) is 4.98 Å². The number of nitrogens with zero attached hydrogens (tertiary/aromatic N) is 3. The van der Waals surface area contributed by atoms with Crippen molar-refractivity contribution in [3.05, 3.63) is 35.2 Å². The van der Waals surface area contributed by atoms with Crippen molar-refractivity contribution in [1.82, 2.24) is 15.0 Å². The molecule has 2 aromatic rings. The van der Waals surface area contributed by atoms with Crippen LogP contribution >= 0.6 is 24.0 Å². The number of carbonyl (C=O) groups is 1. The molecule has 8 heteroatoms. The van der Waals surface area contributed by atoms with Gasteiger partial charge in [-0.1, -0.05) is 16.8 Å². The molecule has 0 aliphatic carbocycles. The fourth-order valence-corrected chi connectivity index (χ4v) is 1.70. The zero-order valence-corrected chi connectivity index (χ0v) is 13.1. The third-order valence-electron chi connectivity index (χ3n) is 2.97. The fourth-order valence-electron chi connectivity index (χ4n) is 1.57. The van der Waals surface area contributed by atoms with Crippen LogP contribution in [0.1, 0.15) is 12.8 Å². The van der Waals surface area contributed by atoms with Crippen LogP contribution in [0.4, 0.5) is 0 Å². The highest BCUT2D eigenvalue weighted by molar-refractivity contribution is 6.30. The maximum atomic E-state index is 10.9. The van der Waals surface area contributed by atoms with Gasteiger partial charge in [0.05, 0.1) is 6.54 Å². The molecule has 0 fully saturated rings. The molecular weight excluding hydrogens is 317 g/mol. The van der Waals surface area contributed by atoms with E-state index in [2.05, 4.69) is 10.1 Å². The Hall–Kier alpha value is -1.63. The van der Waals surface area contributed by atoms with Crippen molar-refractivity contribution in [2.75, 3.05) is 7.05 Å². The lowest BCUT2D eigenvalue weighted by atomic mass is 10.2. The Morgan fingerprint density at radius 2 is 2.05 bits per heavy atom. The Morgan fingerprint density at radius 1 is 1.43 bits per heavy atom. The zero-order valence-electron chi connectivity index (χ0n) is 11.5. The number of hydrogen-bond donors (Lipinski definition) is 1. The summed E-state index contributed by atoms with van der Waals surface area (Å²) in [6.45, 7) is 1.87. The molecule has 1 atom stereocenters. The van der Waals surface area contributed by atoms with Gasteiger partial charge in [-0.05, 0) is 38.2 Å². The summed E-state index contributed by atoms with van der Waals surface area (Å²) in [6, 6.07) is 6.44. The van der Waals surface area contributed by atoms with E-state index in [4.69, 9.17) is 21.2 Å². The number of carboxylic acids is 1. The lowest BCUT2D eigenvalue weighted by Gasteiger charge is -2.18. The summed E-state index contributed by atoms with van der Waals surface area (Å²) >= 11 is 5.81. The third kappa shape index (κ3) is 4.42. The lowest BCUT2D eigenvalue weighted by Crippen LogP contribution is -2.35. The summed E-state index contributed by atoms with van der Waals surface area (Å²) in [5.74, 6) is -0.0801. The Labute approximate surface area is 133 Å². The minimum Gasteiger partial charge on any atom is -0.480 e. The van der Waals surface area contributed by atoms with E-state index in [1.807, 2.05) is 0 Å². The Morgan fingerprint density at radius 3 is 2.62 bits per heavy atom. The molecule has 1 aromatic carbocycles. The van der Waals surface area contributed by atoms with Gasteiger partial charge in [0.2, 0.25) is 11.7 Å². The van der Waals surface area contributed by atoms with Crippen LogP contribution in [0.15, 0.2) is 28.8 Å². The molecular formula is C13H15Cl2N3O3. The van der Waals surface area contributed by atoms with Gasteiger partial charge in [-0.3, -0.25) is 9.69 Å². The van der Waals surface area contributed by atoms with E-state index >= 15 is 0 Å². The number of carboxylic acid groups (broad SMARTS) is 1. The van der Waals surface area contributed by atoms with E-state index in [1.165, 1.54) is 0 Å². The first kappa shape index (κ1) is 17.4. The van der Waals surface area contributed by atoms with E-state index in [9.17, 15) is 4.79 Å². The van der Waals surface area contributed by atoms with E-state index < -0.39 is 12.0 Å². The molecule has 0 radical (unpaired) electrons. The Bertz CT molecular complexity index is 601. The van der Waals surface area contributed by atoms with Crippen molar-refractivity contribution in [2.24, 2.45) is 0 Å². The minimum absolute atomic E-state index is 0. The van der Waals surface area contributed by atoms with Crippen molar-refractivity contribution in [3.8, 4) is 11.4 Å². The van der Waals surface area contributed by atoms with E-state index in [0.29, 0.717) is 16.7 Å². The van der Waals surface area contributed by atoms with Gasteiger partial charge in [0.15, 0.2) is 0 Å². The number of aromatic nitrogens is 2. The summed E-state index contributed by atoms with van der Waals surface area (Å²) in [5.41, 5.74) is 0.790. The number of hydrogen-bond acceptors (Lipinski definition) is 5. The lowest BCUT2D eigenvalue weighted by molar-refractivity contribution is -0.142. The Balaban J connectivity index is 0.00000220. The van der Waals surface area contributed by atoms with Crippen molar-refractivity contribution in [2.45, 2.75) is 19.5 Å². The van der Waals surface area contributed by atoms with Gasteiger partial charge in [-0.25, -0.2) is 0 Å². The average molecular weight is 332 g/mol. The van der Waals surface area contributed by atoms with Crippen LogP contribution in [0.5, 0.6) is 0 Å². The van der Waals surface area contributed by atoms with Crippen LogP contribution in [0.3, 0.4) is 0 Å². The summed E-state index contributed by atoms with van der Waals surface area (Å²) in [5, 5.41) is 13.4. The van der Waals surface area contributed by atoms with Gasteiger partial charge in [-0.15, -0.1) is 12.4 Å². The van der Waals surface area contributed by atoms with Crippen LogP contribution < -0.4 is 0 Å². The zero-order chi connectivity index (χ0) is 14.7. The quantitative estimate of drug-likeness (QED) is 0.907. The van der Waals surface area contributed by atoms with Crippen LogP contribution in [0.25, 0.3) is 11.4 Å². The molecule has 21 heavy (non-hydrogen) atoms. The first-order valence-corrected chi connectivity index (χ1v) is 6.36. The van der Waals surface area contributed by atoms with Gasteiger partial charge in [0.1, 0.15) is 6.04 Å². The number of halogens is 2. The van der Waals surface area contributed by atoms with E-state index in [1.54, 1.807) is 43.1 Å². The van der Waals surface area contributed by atoms with Crippen LogP contribution in [-0.4, -0.2) is 39.2 Å². The van der Waals surface area contributed by atoms with Crippen molar-refractivity contribution < 1.29 is 14.4 Å². The van der Waals surface area contributed by atoms with Gasteiger partial charge in [0.25, 0.3) is 0 Å². The molecule has 0 amide bonds. The molecule has 0 saturated heterocycles. The third-order valence-corrected chi connectivity index (χ3v) is 3.23. The van der Waals surface area contributed by atoms with Crippen LogP contribution in [-0.2, 0) is 11.3 Å². The van der Waals surface area contributed by atoms with Crippen LogP contribution in [0, 0.1) is 0 Å². The highest BCUT2D eigenvalue weighted by Gasteiger charge is 2.19. The summed E-state index contributed by atoms with van der Waals surface area (Å²) in [4.78, 5) is 16.7. The SMILES string of the molecule is CC(C(=O)O)N(C)Cc1nc(-c2ccc(Cl)cc2)no1.Cl. The van der Waals surface area contributed by atoms with Crippen molar-refractivity contribution in [1.29, 1.82) is 0 Å². The largest absolute Gasteiger partial charge is 0.480 e. The standard InChI is InChI=1S/C13H14ClN3O3.ClH/c1-8(13(18)19)17(2)7-11-15-12(16-20-11)9-3-5-10(14)6-4-9;/h3-6,8H,7H2,1-2H3,(H,18,19);1H. The average Bonchev–Trinajstić information content (AvgIpc) is 2.87. The summed E-state index contributed by atoms with van der Waals surface area (Å²) in [6.07, 6.45) is 0. The number of likely N-dealkylation sites (N-methyl/N-ethyl adjacent to an activating group) is 1. The van der Waals surface area contributed by atoms with E-state index in [-0.39, 0.29) is 19.0 Å². The number of aliphatic carboxylic acids is 1. The minimum atomic E-state index is -0.898. The van der Waals surface area contributed by atoms with Gasteiger partial charge < -0.3 is 9.63 Å². The number of rotatable bonds is 5. The fraction of sp³-hybridized carbons (Fsp3) is 0.308. The molecule has 0 saturated carbocycles. The smallest absolute Gasteiger partial charge is 0.320 e. The maximum absolute atomic E-state index is 10.9. The second kappa shape index (κ2) is 7.40. The van der Waals surface area contributed by atoms with Gasteiger partial charge in [0, 0.05) is 10.6 Å². The summed E-state index contributed by atoms with van der Waals surface area (Å²) < 4.78 is 5.12. The second-order valence-corrected chi connectivity index (χ2v) is 4.88. The Kier molecular flexibility index (Phi) is 6.14. The first-order valence-electron chi connectivity index (χ1n) is 5.99. The predicted octanol–water partition coefficient (Wildman–Crippen LogP) is 2.72. The van der Waals surface area contributed by atoms with E-state index in [0.717, 1.165) is 5.56 Å².